The predicted octanol–water partition coefficient (Wildman–Crippen LogP) is 4.57. The number of hydrogen-bond acceptors (Lipinski definition) is 4. The smallest absolute Gasteiger partial charge is 0.248 e. The highest BCUT2D eigenvalue weighted by Crippen LogP contribution is 2.24. The number of nitrogens with one attached hydrogen (secondary N) is 1. The highest BCUT2D eigenvalue weighted by Gasteiger charge is 2.10. The molecule has 0 aliphatic rings. The quantitative estimate of drug-likeness (QED) is 0.441. The molecule has 32 heavy (non-hydrogen) atoms. The first-order valence-corrected chi connectivity index (χ1v) is 9.98. The van der Waals surface area contributed by atoms with Gasteiger partial charge in [0.25, 0.3) is 0 Å². The van der Waals surface area contributed by atoms with Crippen molar-refractivity contribution in [2.75, 3.05) is 5.32 Å². The minimum Gasteiger partial charge on any atom is -0.506 e. The Morgan fingerprint density at radius 1 is 1.12 bits per heavy atom. The molecule has 0 saturated carbocycles. The monoisotopic (exact) mass is 428 g/mol. The third kappa shape index (κ3) is 4.89. The summed E-state index contributed by atoms with van der Waals surface area (Å²) >= 11 is 0. The van der Waals surface area contributed by atoms with Gasteiger partial charge in [-0.25, -0.2) is 4.39 Å². The van der Waals surface area contributed by atoms with E-state index in [4.69, 9.17) is 0 Å². The third-order valence-corrected chi connectivity index (χ3v) is 4.96. The van der Waals surface area contributed by atoms with Crippen molar-refractivity contribution in [3.05, 3.63) is 102 Å². The molecule has 4 rings (SSSR count). The van der Waals surface area contributed by atoms with Crippen LogP contribution in [0.5, 0.6) is 5.75 Å². The van der Waals surface area contributed by atoms with Crippen LogP contribution in [0, 0.1) is 5.82 Å². The van der Waals surface area contributed by atoms with Crippen LogP contribution >= 0.6 is 0 Å². The molecule has 160 valence electrons. The summed E-state index contributed by atoms with van der Waals surface area (Å²) in [4.78, 5) is 16.6. The molecule has 1 amide bonds. The molecule has 7 heteroatoms. The van der Waals surface area contributed by atoms with Crippen molar-refractivity contribution in [2.24, 2.45) is 7.05 Å². The number of hydrogen-bond donors (Lipinski definition) is 2. The van der Waals surface area contributed by atoms with Gasteiger partial charge in [0.2, 0.25) is 5.91 Å². The van der Waals surface area contributed by atoms with Gasteiger partial charge in [0.05, 0.1) is 17.6 Å². The summed E-state index contributed by atoms with van der Waals surface area (Å²) in [5.74, 6) is -0.435. The molecule has 0 atom stereocenters. The number of amides is 1. The number of anilines is 1. The zero-order valence-electron chi connectivity index (χ0n) is 17.4. The molecule has 0 aliphatic carbocycles. The lowest BCUT2D eigenvalue weighted by atomic mass is 10.1. The maximum atomic E-state index is 13.2. The fraction of sp³-hybridized carbons (Fsp3) is 0.0800. The lowest BCUT2D eigenvalue weighted by Crippen LogP contribution is -2.07. The van der Waals surface area contributed by atoms with E-state index in [1.165, 1.54) is 18.2 Å². The van der Waals surface area contributed by atoms with E-state index in [1.807, 2.05) is 12.1 Å². The van der Waals surface area contributed by atoms with Crippen molar-refractivity contribution in [2.45, 2.75) is 6.42 Å². The zero-order chi connectivity index (χ0) is 22.5. The topological polar surface area (TPSA) is 80.0 Å². The molecule has 2 N–H and O–H groups in total. The van der Waals surface area contributed by atoms with Gasteiger partial charge in [-0.2, -0.15) is 5.10 Å². The summed E-state index contributed by atoms with van der Waals surface area (Å²) in [5.41, 5.74) is 4.56. The number of halogens is 1. The van der Waals surface area contributed by atoms with Crippen molar-refractivity contribution in [1.82, 2.24) is 14.8 Å². The van der Waals surface area contributed by atoms with Gasteiger partial charge in [-0.05, 0) is 60.2 Å². The summed E-state index contributed by atoms with van der Waals surface area (Å²) in [7, 11) is 1.79. The second kappa shape index (κ2) is 9.26. The fourth-order valence-corrected chi connectivity index (χ4v) is 3.35. The molecule has 0 spiro atoms. The normalized spacial score (nSPS) is 11.1. The Morgan fingerprint density at radius 3 is 2.59 bits per heavy atom. The van der Waals surface area contributed by atoms with Gasteiger partial charge in [0.15, 0.2) is 0 Å². The number of pyridine rings is 1. The van der Waals surface area contributed by atoms with Crippen LogP contribution in [0.3, 0.4) is 0 Å². The highest BCUT2D eigenvalue weighted by molar-refractivity contribution is 6.02. The summed E-state index contributed by atoms with van der Waals surface area (Å²) in [6.45, 7) is 0. The highest BCUT2D eigenvalue weighted by atomic mass is 19.1. The molecule has 2 aromatic heterocycles. The third-order valence-electron chi connectivity index (χ3n) is 4.96. The Kier molecular flexibility index (Phi) is 6.07. The Balaban J connectivity index is 1.42. The number of carbonyl (C=O) groups excluding carboxylic acids is 1. The number of rotatable bonds is 6. The van der Waals surface area contributed by atoms with Gasteiger partial charge in [0, 0.05) is 42.6 Å². The summed E-state index contributed by atoms with van der Waals surface area (Å²) in [6.07, 6.45) is 6.90. The van der Waals surface area contributed by atoms with Crippen molar-refractivity contribution < 1.29 is 14.3 Å². The summed E-state index contributed by atoms with van der Waals surface area (Å²) in [6, 6.07) is 16.8. The van der Waals surface area contributed by atoms with Crippen LogP contribution in [0.15, 0.2) is 79.1 Å². The van der Waals surface area contributed by atoms with Crippen LogP contribution in [0.25, 0.3) is 17.3 Å². The largest absolute Gasteiger partial charge is 0.506 e. The van der Waals surface area contributed by atoms with E-state index in [9.17, 15) is 14.3 Å². The van der Waals surface area contributed by atoms with Crippen LogP contribution in [0.1, 0.15) is 16.8 Å². The first-order chi connectivity index (χ1) is 15.5. The molecular formula is C25H21FN4O2. The van der Waals surface area contributed by atoms with E-state index in [2.05, 4.69) is 15.4 Å². The first kappa shape index (κ1) is 21.0. The molecule has 4 aromatic rings. The number of aryl methyl sites for hydroxylation is 1. The molecule has 0 fully saturated rings. The second-order valence-electron chi connectivity index (χ2n) is 7.24. The lowest BCUT2D eigenvalue weighted by Gasteiger charge is -2.06. The van der Waals surface area contributed by atoms with Crippen molar-refractivity contribution in [3.63, 3.8) is 0 Å². The minimum atomic E-state index is -0.310. The van der Waals surface area contributed by atoms with E-state index < -0.39 is 0 Å². The molecule has 2 aromatic carbocycles. The fourth-order valence-electron chi connectivity index (χ4n) is 3.35. The molecule has 2 heterocycles. The summed E-state index contributed by atoms with van der Waals surface area (Å²) < 4.78 is 14.9. The Hall–Kier alpha value is -4.26. The van der Waals surface area contributed by atoms with Crippen molar-refractivity contribution in [1.29, 1.82) is 0 Å². The molecule has 6 nitrogen and oxygen atoms in total. The molecule has 0 saturated heterocycles. The van der Waals surface area contributed by atoms with E-state index in [1.54, 1.807) is 66.6 Å². The number of aromatic hydroxyl groups is 1. The summed E-state index contributed by atoms with van der Waals surface area (Å²) in [5, 5.41) is 16.9. The van der Waals surface area contributed by atoms with Crippen molar-refractivity contribution >= 4 is 17.7 Å². The molecule has 0 radical (unpaired) electrons. The van der Waals surface area contributed by atoms with Gasteiger partial charge >= 0.3 is 0 Å². The van der Waals surface area contributed by atoms with Gasteiger partial charge in [-0.1, -0.05) is 12.1 Å². The Labute approximate surface area is 184 Å². The molecule has 0 unspecified atom stereocenters. The van der Waals surface area contributed by atoms with Crippen LogP contribution in [0.4, 0.5) is 10.1 Å². The average molecular weight is 428 g/mol. The predicted molar refractivity (Wildman–Crippen MR) is 121 cm³/mol. The van der Waals surface area contributed by atoms with Crippen LogP contribution in [-0.2, 0) is 18.3 Å². The van der Waals surface area contributed by atoms with Gasteiger partial charge in [0.1, 0.15) is 11.6 Å². The number of benzene rings is 2. The van der Waals surface area contributed by atoms with Gasteiger partial charge in [-0.3, -0.25) is 14.5 Å². The maximum Gasteiger partial charge on any atom is 0.248 e. The van der Waals surface area contributed by atoms with E-state index in [0.29, 0.717) is 17.8 Å². The number of aromatic nitrogens is 3. The number of nitrogens with zero attached hydrogens (tertiary/aromatic N) is 3. The SMILES string of the molecule is Cn1ncc(/C=C/C(=O)Nc2ccc(Cc3ncccc3O)cc2)c1-c1ccc(F)cc1. The zero-order valence-corrected chi connectivity index (χ0v) is 17.4. The molecule has 0 bridgehead atoms. The van der Waals surface area contributed by atoms with Gasteiger partial charge in [-0.15, -0.1) is 0 Å². The van der Waals surface area contributed by atoms with Crippen LogP contribution < -0.4 is 5.32 Å². The minimum absolute atomic E-state index is 0.158. The molecular weight excluding hydrogens is 407 g/mol. The average Bonchev–Trinajstić information content (AvgIpc) is 3.16. The lowest BCUT2D eigenvalue weighted by molar-refractivity contribution is -0.111. The van der Waals surface area contributed by atoms with Crippen LogP contribution in [-0.4, -0.2) is 25.8 Å². The van der Waals surface area contributed by atoms with E-state index in [0.717, 1.165) is 22.4 Å². The van der Waals surface area contributed by atoms with Crippen LogP contribution in [0.2, 0.25) is 0 Å². The Bertz CT molecular complexity index is 1260. The second-order valence-corrected chi connectivity index (χ2v) is 7.24. The standard InChI is InChI=1S/C25H21FN4O2/c1-30-25(18-6-9-20(26)10-7-18)19(16-28-30)8-13-24(32)29-21-11-4-17(5-12-21)15-22-23(31)3-2-14-27-22/h2-14,16,31H,15H2,1H3,(H,29,32)/b13-8+. The first-order valence-electron chi connectivity index (χ1n) is 9.98. The number of carbonyl (C=O) groups is 1. The molecule has 0 aliphatic heterocycles. The van der Waals surface area contributed by atoms with E-state index in [-0.39, 0.29) is 17.5 Å². The maximum absolute atomic E-state index is 13.2. The van der Waals surface area contributed by atoms with Crippen molar-refractivity contribution in [3.8, 4) is 17.0 Å². The Morgan fingerprint density at radius 2 is 1.88 bits per heavy atom. The van der Waals surface area contributed by atoms with E-state index >= 15 is 0 Å². The van der Waals surface area contributed by atoms with Gasteiger partial charge < -0.3 is 10.4 Å².